The van der Waals surface area contributed by atoms with Crippen LogP contribution in [0.3, 0.4) is 0 Å². The highest BCUT2D eigenvalue weighted by atomic mass is 16.2. The van der Waals surface area contributed by atoms with Crippen molar-refractivity contribution in [2.75, 3.05) is 6.61 Å². The lowest BCUT2D eigenvalue weighted by molar-refractivity contribution is 0.0921. The van der Waals surface area contributed by atoms with E-state index in [1.54, 1.807) is 12.1 Å². The van der Waals surface area contributed by atoms with Crippen molar-refractivity contribution in [3.63, 3.8) is 0 Å². The third-order valence-corrected chi connectivity index (χ3v) is 4.14. The fourth-order valence-corrected chi connectivity index (χ4v) is 2.81. The van der Waals surface area contributed by atoms with Gasteiger partial charge in [0.1, 0.15) is 6.61 Å². The summed E-state index contributed by atoms with van der Waals surface area (Å²) in [7, 11) is 0. The summed E-state index contributed by atoms with van der Waals surface area (Å²) in [5.41, 5.74) is 1.48. The van der Waals surface area contributed by atoms with Crippen LogP contribution in [0.5, 0.6) is 0 Å². The minimum absolute atomic E-state index is 0.00424. The fourth-order valence-electron chi connectivity index (χ4n) is 2.81. The second kappa shape index (κ2) is 7.85. The largest absolute Gasteiger partial charge is 0.384 e. The number of aliphatic hydroxyl groups excluding tert-OH is 1. The van der Waals surface area contributed by atoms with E-state index in [0.717, 1.165) is 12.0 Å². The minimum Gasteiger partial charge on any atom is -0.384 e. The van der Waals surface area contributed by atoms with Gasteiger partial charge in [-0.3, -0.25) is 4.79 Å². The van der Waals surface area contributed by atoms with Gasteiger partial charge in [0.05, 0.1) is 0 Å². The van der Waals surface area contributed by atoms with E-state index in [1.807, 2.05) is 12.1 Å². The van der Waals surface area contributed by atoms with E-state index in [9.17, 15) is 4.79 Å². The van der Waals surface area contributed by atoms with Crippen LogP contribution in [0.15, 0.2) is 24.3 Å². The molecular weight excluding hydrogens is 262 g/mol. The number of nitrogens with one attached hydrogen (secondary N) is 1. The van der Waals surface area contributed by atoms with Gasteiger partial charge in [0.2, 0.25) is 0 Å². The molecule has 3 nitrogen and oxygen atoms in total. The Balaban J connectivity index is 1.99. The Morgan fingerprint density at radius 1 is 1.24 bits per heavy atom. The third-order valence-electron chi connectivity index (χ3n) is 4.14. The number of benzene rings is 1. The number of rotatable bonds is 2. The van der Waals surface area contributed by atoms with E-state index in [0.29, 0.717) is 11.5 Å². The molecule has 1 saturated carbocycles. The van der Waals surface area contributed by atoms with Crippen LogP contribution >= 0.6 is 0 Å². The number of hydrogen-bond donors (Lipinski definition) is 2. The Kier molecular flexibility index (Phi) is 5.83. The van der Waals surface area contributed by atoms with Crippen LogP contribution in [0.1, 0.15) is 54.9 Å². The predicted octanol–water partition coefficient (Wildman–Crippen LogP) is 2.73. The van der Waals surface area contributed by atoms with Crippen molar-refractivity contribution in [1.29, 1.82) is 0 Å². The normalized spacial score (nSPS) is 21.8. The molecule has 2 atom stereocenters. The highest BCUT2D eigenvalue weighted by Crippen LogP contribution is 2.23. The second-order valence-electron chi connectivity index (χ2n) is 5.73. The van der Waals surface area contributed by atoms with E-state index in [-0.39, 0.29) is 18.6 Å². The molecule has 0 heterocycles. The minimum atomic E-state index is -0.151. The number of amides is 1. The summed E-state index contributed by atoms with van der Waals surface area (Å²) in [6, 6.07) is 7.49. The lowest BCUT2D eigenvalue weighted by Gasteiger charge is -2.22. The van der Waals surface area contributed by atoms with Crippen molar-refractivity contribution < 1.29 is 9.90 Å². The maximum absolute atomic E-state index is 12.3. The summed E-state index contributed by atoms with van der Waals surface area (Å²) in [6.45, 7) is 2.08. The van der Waals surface area contributed by atoms with Crippen LogP contribution in [0.4, 0.5) is 0 Å². The van der Waals surface area contributed by atoms with Crippen molar-refractivity contribution in [2.45, 2.75) is 45.1 Å². The quantitative estimate of drug-likeness (QED) is 0.648. The Labute approximate surface area is 126 Å². The van der Waals surface area contributed by atoms with Crippen LogP contribution in [0.2, 0.25) is 0 Å². The second-order valence-corrected chi connectivity index (χ2v) is 5.73. The first-order valence-corrected chi connectivity index (χ1v) is 7.71. The van der Waals surface area contributed by atoms with Crippen molar-refractivity contribution in [3.8, 4) is 11.8 Å². The first kappa shape index (κ1) is 15.6. The summed E-state index contributed by atoms with van der Waals surface area (Å²) in [4.78, 5) is 12.3. The molecule has 112 valence electrons. The highest BCUT2D eigenvalue weighted by molar-refractivity contribution is 5.94. The zero-order valence-corrected chi connectivity index (χ0v) is 12.6. The number of hydrogen-bond acceptors (Lipinski definition) is 2. The van der Waals surface area contributed by atoms with Gasteiger partial charge in [0.15, 0.2) is 0 Å². The van der Waals surface area contributed by atoms with Crippen LogP contribution in [-0.2, 0) is 0 Å². The van der Waals surface area contributed by atoms with E-state index < -0.39 is 0 Å². The smallest absolute Gasteiger partial charge is 0.251 e. The fraction of sp³-hybridized carbons (Fsp3) is 0.500. The predicted molar refractivity (Wildman–Crippen MR) is 83.9 cm³/mol. The van der Waals surface area contributed by atoms with E-state index in [2.05, 4.69) is 24.1 Å². The van der Waals surface area contributed by atoms with Gasteiger partial charge in [-0.15, -0.1) is 0 Å². The Hall–Kier alpha value is -1.79. The number of aliphatic hydroxyl groups is 1. The van der Waals surface area contributed by atoms with Gasteiger partial charge < -0.3 is 10.4 Å². The van der Waals surface area contributed by atoms with Crippen molar-refractivity contribution >= 4 is 5.91 Å². The first-order valence-electron chi connectivity index (χ1n) is 7.71. The summed E-state index contributed by atoms with van der Waals surface area (Å²) in [5, 5.41) is 11.8. The summed E-state index contributed by atoms with van der Waals surface area (Å²) < 4.78 is 0. The SMILES string of the molecule is CC1CCCCCC1NC(=O)c1ccc(C#CCO)cc1. The average molecular weight is 285 g/mol. The molecule has 3 heteroatoms. The van der Waals surface area contributed by atoms with Gasteiger partial charge in [-0.1, -0.05) is 38.0 Å². The molecule has 21 heavy (non-hydrogen) atoms. The molecule has 1 aliphatic carbocycles. The monoisotopic (exact) mass is 285 g/mol. The molecule has 1 aromatic carbocycles. The standard InChI is InChI=1S/C18H23NO2/c1-14-6-3-2-4-8-17(14)19-18(21)16-11-9-15(10-12-16)7-5-13-20/h9-12,14,17,20H,2-4,6,8,13H2,1H3,(H,19,21). The molecule has 0 radical (unpaired) electrons. The maximum Gasteiger partial charge on any atom is 0.251 e. The van der Waals surface area contributed by atoms with Gasteiger partial charge in [0, 0.05) is 17.2 Å². The topological polar surface area (TPSA) is 49.3 Å². The number of carbonyl (C=O) groups is 1. The molecule has 0 saturated heterocycles. The van der Waals surface area contributed by atoms with E-state index in [1.165, 1.54) is 25.7 Å². The highest BCUT2D eigenvalue weighted by Gasteiger charge is 2.21. The summed E-state index contributed by atoms with van der Waals surface area (Å²) in [5.74, 6) is 5.97. The molecule has 1 aromatic rings. The molecule has 1 fully saturated rings. The average Bonchev–Trinajstić information content (AvgIpc) is 2.70. The van der Waals surface area contributed by atoms with Gasteiger partial charge in [-0.25, -0.2) is 0 Å². The van der Waals surface area contributed by atoms with Crippen molar-refractivity contribution in [1.82, 2.24) is 5.32 Å². The molecule has 2 rings (SSSR count). The molecule has 2 N–H and O–H groups in total. The van der Waals surface area contributed by atoms with Crippen molar-refractivity contribution in [2.24, 2.45) is 5.92 Å². The van der Waals surface area contributed by atoms with Gasteiger partial charge in [-0.05, 0) is 43.0 Å². The van der Waals surface area contributed by atoms with Crippen LogP contribution < -0.4 is 5.32 Å². The first-order chi connectivity index (χ1) is 10.2. The van der Waals surface area contributed by atoms with Gasteiger partial charge >= 0.3 is 0 Å². The molecule has 2 unspecified atom stereocenters. The summed E-state index contributed by atoms with van der Waals surface area (Å²) in [6.07, 6.45) is 6.01. The molecule has 0 spiro atoms. The van der Waals surface area contributed by atoms with E-state index in [4.69, 9.17) is 5.11 Å². The van der Waals surface area contributed by atoms with Crippen LogP contribution in [0, 0.1) is 17.8 Å². The zero-order chi connectivity index (χ0) is 15.1. The van der Waals surface area contributed by atoms with Gasteiger partial charge in [0.25, 0.3) is 5.91 Å². The lowest BCUT2D eigenvalue weighted by atomic mass is 9.96. The summed E-state index contributed by atoms with van der Waals surface area (Å²) >= 11 is 0. The van der Waals surface area contributed by atoms with Crippen molar-refractivity contribution in [3.05, 3.63) is 35.4 Å². The Morgan fingerprint density at radius 3 is 2.67 bits per heavy atom. The molecule has 1 amide bonds. The van der Waals surface area contributed by atoms with Crippen LogP contribution in [-0.4, -0.2) is 23.7 Å². The molecule has 0 aromatic heterocycles. The van der Waals surface area contributed by atoms with Gasteiger partial charge in [-0.2, -0.15) is 0 Å². The maximum atomic E-state index is 12.3. The number of carbonyl (C=O) groups excluding carboxylic acids is 1. The molecule has 0 aliphatic heterocycles. The van der Waals surface area contributed by atoms with E-state index >= 15 is 0 Å². The Bertz CT molecular complexity index is 524. The van der Waals surface area contributed by atoms with Crippen LogP contribution in [0.25, 0.3) is 0 Å². The molecular formula is C18H23NO2. The third kappa shape index (κ3) is 4.61. The lowest BCUT2D eigenvalue weighted by Crippen LogP contribution is -2.38. The molecule has 0 bridgehead atoms. The molecule has 1 aliphatic rings. The Morgan fingerprint density at radius 2 is 1.95 bits per heavy atom. The zero-order valence-electron chi connectivity index (χ0n) is 12.6.